The maximum atomic E-state index is 6.45. The Balaban J connectivity index is 1.11. The summed E-state index contributed by atoms with van der Waals surface area (Å²) in [6.45, 7) is 0. The molecule has 0 saturated heterocycles. The van der Waals surface area contributed by atoms with Gasteiger partial charge in [0.05, 0.1) is 5.69 Å². The third-order valence-corrected chi connectivity index (χ3v) is 9.93. The van der Waals surface area contributed by atoms with Crippen molar-refractivity contribution < 1.29 is 4.42 Å². The molecule has 0 amide bonds. The minimum Gasteiger partial charge on any atom is -0.435 e. The summed E-state index contributed by atoms with van der Waals surface area (Å²) < 4.78 is 6.45. The summed E-state index contributed by atoms with van der Waals surface area (Å²) >= 11 is 0. The fraction of sp³-hybridized carbons (Fsp3) is 0. The average Bonchev–Trinajstić information content (AvgIpc) is 3.58. The number of fused-ring (bicyclic) bond motifs is 9. The molecule has 8 aromatic carbocycles. The molecule has 10 aromatic rings. The molecule has 50 heavy (non-hydrogen) atoms. The zero-order chi connectivity index (χ0) is 33.0. The fourth-order valence-corrected chi connectivity index (χ4v) is 7.55. The minimum absolute atomic E-state index is 0.640. The van der Waals surface area contributed by atoms with E-state index in [0.29, 0.717) is 5.71 Å². The van der Waals surface area contributed by atoms with Crippen LogP contribution < -0.4 is 4.90 Å². The molecule has 2 aromatic heterocycles. The molecule has 0 aliphatic rings. The van der Waals surface area contributed by atoms with Crippen molar-refractivity contribution in [1.29, 1.82) is 0 Å². The van der Waals surface area contributed by atoms with Crippen molar-refractivity contribution in [3.63, 3.8) is 0 Å². The molecular weight excluding hydrogens is 609 g/mol. The molecule has 0 aliphatic carbocycles. The van der Waals surface area contributed by atoms with Gasteiger partial charge in [0.1, 0.15) is 0 Å². The molecule has 0 unspecified atom stereocenters. The normalized spacial score (nSPS) is 11.6. The lowest BCUT2D eigenvalue weighted by Crippen LogP contribution is -2.10. The minimum atomic E-state index is 0.640. The molecule has 0 radical (unpaired) electrons. The standard InChI is InChI=1S/C47H30N2O/c1-2-10-31(11-3-1)32-19-24-35(25-20-32)49(45-18-8-16-42-43-17-9-29-48-47(43)50-46(42)45)36-26-21-33(22-27-36)34-23-28-41-39-14-5-4-12-37(39)38-13-6-7-15-40(38)44(41)30-34/h1-30H. The number of aromatic nitrogens is 1. The van der Waals surface area contributed by atoms with Gasteiger partial charge in [-0.3, -0.25) is 0 Å². The highest BCUT2D eigenvalue weighted by atomic mass is 16.3. The highest BCUT2D eigenvalue weighted by molar-refractivity contribution is 6.25. The Bertz CT molecular complexity index is 2820. The van der Waals surface area contributed by atoms with Crippen LogP contribution in [-0.2, 0) is 0 Å². The van der Waals surface area contributed by atoms with E-state index in [2.05, 4.69) is 174 Å². The molecule has 0 bridgehead atoms. The van der Waals surface area contributed by atoms with Crippen molar-refractivity contribution in [3.05, 3.63) is 182 Å². The average molecular weight is 639 g/mol. The van der Waals surface area contributed by atoms with Crippen LogP contribution >= 0.6 is 0 Å². The summed E-state index contributed by atoms with van der Waals surface area (Å²) in [5, 5.41) is 9.74. The van der Waals surface area contributed by atoms with E-state index in [1.807, 2.05) is 12.1 Å². The molecule has 3 nitrogen and oxygen atoms in total. The van der Waals surface area contributed by atoms with Crippen LogP contribution in [0.5, 0.6) is 0 Å². The number of hydrogen-bond donors (Lipinski definition) is 0. The van der Waals surface area contributed by atoms with E-state index in [-0.39, 0.29) is 0 Å². The van der Waals surface area contributed by atoms with Crippen LogP contribution in [0.25, 0.3) is 76.6 Å². The number of pyridine rings is 1. The number of rotatable bonds is 5. The van der Waals surface area contributed by atoms with Gasteiger partial charge < -0.3 is 9.32 Å². The van der Waals surface area contributed by atoms with Crippen molar-refractivity contribution >= 4 is 71.4 Å². The first kappa shape index (κ1) is 28.3. The molecule has 10 rings (SSSR count). The van der Waals surface area contributed by atoms with E-state index in [4.69, 9.17) is 4.42 Å². The Morgan fingerprint density at radius 1 is 0.360 bits per heavy atom. The van der Waals surface area contributed by atoms with Gasteiger partial charge >= 0.3 is 0 Å². The monoisotopic (exact) mass is 638 g/mol. The topological polar surface area (TPSA) is 29.3 Å². The summed E-state index contributed by atoms with van der Waals surface area (Å²) in [5.41, 5.74) is 9.22. The molecule has 0 spiro atoms. The summed E-state index contributed by atoms with van der Waals surface area (Å²) in [6.07, 6.45) is 1.78. The SMILES string of the molecule is c1ccc(-c2ccc(N(c3ccc(-c4ccc5c6ccccc6c6ccccc6c5c4)cc3)c3cccc4c3oc3ncccc34)cc2)cc1. The van der Waals surface area contributed by atoms with Crippen molar-refractivity contribution in [2.24, 2.45) is 0 Å². The van der Waals surface area contributed by atoms with E-state index >= 15 is 0 Å². The predicted molar refractivity (Wildman–Crippen MR) is 210 cm³/mol. The fourth-order valence-electron chi connectivity index (χ4n) is 7.55. The lowest BCUT2D eigenvalue weighted by molar-refractivity contribution is 0.654. The Hall–Kier alpha value is -6.71. The van der Waals surface area contributed by atoms with Crippen LogP contribution in [0.2, 0.25) is 0 Å². The number of benzene rings is 8. The smallest absolute Gasteiger partial charge is 0.227 e. The maximum Gasteiger partial charge on any atom is 0.227 e. The molecule has 0 saturated carbocycles. The summed E-state index contributed by atoms with van der Waals surface area (Å²) in [4.78, 5) is 6.81. The van der Waals surface area contributed by atoms with Gasteiger partial charge in [-0.05, 0) is 103 Å². The highest BCUT2D eigenvalue weighted by Crippen LogP contribution is 2.43. The molecule has 0 N–H and O–H groups in total. The Morgan fingerprint density at radius 2 is 0.860 bits per heavy atom. The van der Waals surface area contributed by atoms with E-state index in [1.54, 1.807) is 6.20 Å². The number of furan rings is 1. The number of hydrogen-bond acceptors (Lipinski definition) is 3. The lowest BCUT2D eigenvalue weighted by atomic mass is 9.92. The number of anilines is 3. The molecular formula is C47H30N2O. The molecule has 0 aliphatic heterocycles. The summed E-state index contributed by atoms with van der Waals surface area (Å²) in [6, 6.07) is 62.8. The first-order valence-corrected chi connectivity index (χ1v) is 17.0. The van der Waals surface area contributed by atoms with E-state index in [1.165, 1.54) is 54.6 Å². The lowest BCUT2D eigenvalue weighted by Gasteiger charge is -2.26. The van der Waals surface area contributed by atoms with Crippen molar-refractivity contribution in [3.8, 4) is 22.3 Å². The number of nitrogens with zero attached hydrogens (tertiary/aromatic N) is 2. The second-order valence-corrected chi connectivity index (χ2v) is 12.8. The van der Waals surface area contributed by atoms with Gasteiger partial charge in [-0.2, -0.15) is 0 Å². The van der Waals surface area contributed by atoms with Crippen LogP contribution in [-0.4, -0.2) is 4.98 Å². The van der Waals surface area contributed by atoms with Crippen LogP contribution in [0.3, 0.4) is 0 Å². The molecule has 2 heterocycles. The van der Waals surface area contributed by atoms with Gasteiger partial charge in [0.2, 0.25) is 5.71 Å². The van der Waals surface area contributed by atoms with Crippen molar-refractivity contribution in [1.82, 2.24) is 4.98 Å². The predicted octanol–water partition coefficient (Wildman–Crippen LogP) is 13.2. The van der Waals surface area contributed by atoms with Gasteiger partial charge in [0, 0.05) is 28.3 Å². The molecule has 0 fully saturated rings. The Morgan fingerprint density at radius 3 is 1.52 bits per heavy atom. The van der Waals surface area contributed by atoms with Gasteiger partial charge in [0.25, 0.3) is 0 Å². The second kappa shape index (κ2) is 11.5. The van der Waals surface area contributed by atoms with Crippen LogP contribution in [0.15, 0.2) is 187 Å². The maximum absolute atomic E-state index is 6.45. The summed E-state index contributed by atoms with van der Waals surface area (Å²) in [7, 11) is 0. The van der Waals surface area contributed by atoms with Gasteiger partial charge in [0.15, 0.2) is 5.58 Å². The van der Waals surface area contributed by atoms with Gasteiger partial charge in [-0.25, -0.2) is 4.98 Å². The molecule has 234 valence electrons. The molecule has 3 heteroatoms. The quantitative estimate of drug-likeness (QED) is 0.176. The third kappa shape index (κ3) is 4.56. The first-order chi connectivity index (χ1) is 24.8. The zero-order valence-corrected chi connectivity index (χ0v) is 27.1. The second-order valence-electron chi connectivity index (χ2n) is 12.8. The third-order valence-electron chi connectivity index (χ3n) is 9.93. The highest BCUT2D eigenvalue weighted by Gasteiger charge is 2.20. The molecule has 0 atom stereocenters. The Labute approximate surface area is 289 Å². The Kier molecular flexibility index (Phi) is 6.49. The van der Waals surface area contributed by atoms with Crippen molar-refractivity contribution in [2.45, 2.75) is 0 Å². The van der Waals surface area contributed by atoms with Crippen molar-refractivity contribution in [2.75, 3.05) is 4.90 Å². The van der Waals surface area contributed by atoms with Crippen LogP contribution in [0.1, 0.15) is 0 Å². The van der Waals surface area contributed by atoms with E-state index in [9.17, 15) is 0 Å². The largest absolute Gasteiger partial charge is 0.435 e. The van der Waals surface area contributed by atoms with Gasteiger partial charge in [-0.1, -0.05) is 127 Å². The summed E-state index contributed by atoms with van der Waals surface area (Å²) in [5.74, 6) is 0. The van der Waals surface area contributed by atoms with E-state index in [0.717, 1.165) is 33.4 Å². The number of para-hydroxylation sites is 1. The van der Waals surface area contributed by atoms with Gasteiger partial charge in [-0.15, -0.1) is 0 Å². The first-order valence-electron chi connectivity index (χ1n) is 17.0. The van der Waals surface area contributed by atoms with Crippen LogP contribution in [0.4, 0.5) is 17.1 Å². The van der Waals surface area contributed by atoms with Crippen LogP contribution in [0, 0.1) is 0 Å². The van der Waals surface area contributed by atoms with E-state index < -0.39 is 0 Å². The zero-order valence-electron chi connectivity index (χ0n) is 27.1.